The minimum Gasteiger partial charge on any atom is -0.346 e. The molecule has 1 fully saturated rings. The lowest BCUT2D eigenvalue weighted by atomic mass is 9.83. The first-order chi connectivity index (χ1) is 5.61. The quantitative estimate of drug-likeness (QED) is 0.460. The average molecular weight is 189 g/mol. The monoisotopic (exact) mass is 189 g/mol. The molecule has 0 amide bonds. The van der Waals surface area contributed by atoms with Crippen LogP contribution in [0, 0.1) is 17.2 Å². The Morgan fingerprint density at radius 2 is 1.75 bits per heavy atom. The molecule has 1 rings (SSSR count). The molecule has 0 unspecified atom stereocenters. The summed E-state index contributed by atoms with van der Waals surface area (Å²) < 4.78 is 0. The van der Waals surface area contributed by atoms with E-state index < -0.39 is 8.38 Å². The van der Waals surface area contributed by atoms with E-state index in [1.807, 2.05) is 0 Å². The van der Waals surface area contributed by atoms with Crippen molar-refractivity contribution in [2.75, 3.05) is 0 Å². The fourth-order valence-electron chi connectivity index (χ4n) is 1.70. The highest BCUT2D eigenvalue weighted by Gasteiger charge is 2.25. The molecule has 4 heteroatoms. The molecule has 0 aromatic heterocycles. The lowest BCUT2D eigenvalue weighted by Gasteiger charge is -2.26. The minimum atomic E-state index is -2.12. The average Bonchev–Trinajstić information content (AvgIpc) is 2.04. The molecule has 0 radical (unpaired) electrons. The maximum atomic E-state index is 8.83. The van der Waals surface area contributed by atoms with Gasteiger partial charge in [-0.05, 0) is 18.8 Å². The van der Waals surface area contributed by atoms with Crippen molar-refractivity contribution < 1.29 is 9.79 Å². The maximum absolute atomic E-state index is 8.83. The molecule has 0 heterocycles. The van der Waals surface area contributed by atoms with E-state index in [0.29, 0.717) is 0 Å². The van der Waals surface area contributed by atoms with Crippen LogP contribution in [0.4, 0.5) is 0 Å². The van der Waals surface area contributed by atoms with Crippen molar-refractivity contribution >= 4 is 13.8 Å². The minimum absolute atomic E-state index is 0.141. The van der Waals surface area contributed by atoms with Crippen LogP contribution in [0.5, 0.6) is 0 Å². The second kappa shape index (κ2) is 4.31. The second-order valence-electron chi connectivity index (χ2n) is 3.63. The summed E-state index contributed by atoms with van der Waals surface area (Å²) in [5.41, 5.74) is 0.164. The van der Waals surface area contributed by atoms with Gasteiger partial charge < -0.3 is 9.79 Å². The lowest BCUT2D eigenvalue weighted by Crippen LogP contribution is -2.18. The van der Waals surface area contributed by atoms with Crippen molar-refractivity contribution in [1.29, 1.82) is 5.41 Å². The molecule has 1 saturated carbocycles. The highest BCUT2D eigenvalue weighted by atomic mass is 31.2. The molecule has 12 heavy (non-hydrogen) atoms. The van der Waals surface area contributed by atoms with Crippen LogP contribution in [0.2, 0.25) is 0 Å². The number of hydrogen-bond acceptors (Lipinski definition) is 3. The van der Waals surface area contributed by atoms with Crippen molar-refractivity contribution in [2.45, 2.75) is 32.6 Å². The molecular weight excluding hydrogens is 173 g/mol. The smallest absolute Gasteiger partial charge is 0.214 e. The first kappa shape index (κ1) is 10.1. The standard InChI is InChI=1S/C8H16NO2P/c1-6-2-4-7(5-3-6)8(9)12(10)11/h6-7,9-11H,2-5H2,1H3. The Morgan fingerprint density at radius 3 is 2.17 bits per heavy atom. The van der Waals surface area contributed by atoms with Crippen LogP contribution in [0.15, 0.2) is 0 Å². The molecule has 0 saturated heterocycles. The molecule has 0 spiro atoms. The molecule has 3 N–H and O–H groups in total. The van der Waals surface area contributed by atoms with E-state index >= 15 is 0 Å². The third-order valence-corrected chi connectivity index (χ3v) is 3.41. The van der Waals surface area contributed by atoms with Crippen LogP contribution in [0.1, 0.15) is 32.6 Å². The predicted octanol–water partition coefficient (Wildman–Crippen LogP) is 2.09. The van der Waals surface area contributed by atoms with Gasteiger partial charge in [0, 0.05) is 5.92 Å². The highest BCUT2D eigenvalue weighted by molar-refractivity contribution is 7.64. The van der Waals surface area contributed by atoms with Crippen LogP contribution in [-0.4, -0.2) is 15.2 Å². The summed E-state index contributed by atoms with van der Waals surface area (Å²) in [7, 11) is -2.12. The highest BCUT2D eigenvalue weighted by Crippen LogP contribution is 2.37. The van der Waals surface area contributed by atoms with Crippen molar-refractivity contribution in [3.05, 3.63) is 0 Å². The summed E-state index contributed by atoms with van der Waals surface area (Å²) in [5.74, 6) is 0.889. The normalized spacial score (nSPS) is 30.7. The Labute approximate surface area is 74.2 Å². The molecule has 3 nitrogen and oxygen atoms in total. The van der Waals surface area contributed by atoms with E-state index in [1.165, 1.54) is 0 Å². The third kappa shape index (κ3) is 2.51. The molecule has 0 atom stereocenters. The Hall–Kier alpha value is 0.0200. The summed E-state index contributed by atoms with van der Waals surface area (Å²) in [5, 5.41) is 7.43. The molecule has 0 aromatic carbocycles. The summed E-state index contributed by atoms with van der Waals surface area (Å²) in [6, 6.07) is 0. The van der Waals surface area contributed by atoms with Crippen molar-refractivity contribution in [3.63, 3.8) is 0 Å². The Kier molecular flexibility index (Phi) is 3.63. The van der Waals surface area contributed by atoms with Gasteiger partial charge >= 0.3 is 0 Å². The van der Waals surface area contributed by atoms with E-state index in [9.17, 15) is 0 Å². The van der Waals surface area contributed by atoms with Gasteiger partial charge in [0.15, 0.2) is 0 Å². The number of nitrogens with one attached hydrogen (secondary N) is 1. The zero-order valence-electron chi connectivity index (χ0n) is 7.32. The van der Waals surface area contributed by atoms with E-state index in [1.54, 1.807) is 0 Å². The Balaban J connectivity index is 2.39. The fourth-order valence-corrected chi connectivity index (χ4v) is 2.28. The molecule has 1 aliphatic carbocycles. The van der Waals surface area contributed by atoms with Crippen LogP contribution >= 0.6 is 8.38 Å². The van der Waals surface area contributed by atoms with Gasteiger partial charge in [0.25, 0.3) is 0 Å². The van der Waals surface area contributed by atoms with E-state index in [-0.39, 0.29) is 11.4 Å². The van der Waals surface area contributed by atoms with E-state index in [2.05, 4.69) is 6.92 Å². The van der Waals surface area contributed by atoms with Crippen LogP contribution in [0.3, 0.4) is 0 Å². The predicted molar refractivity (Wildman–Crippen MR) is 50.2 cm³/mol. The van der Waals surface area contributed by atoms with Crippen LogP contribution in [-0.2, 0) is 0 Å². The SMILES string of the molecule is CC1CCC(C(=N)P(O)O)CC1. The van der Waals surface area contributed by atoms with Crippen LogP contribution < -0.4 is 0 Å². The first-order valence-electron chi connectivity index (χ1n) is 4.37. The van der Waals surface area contributed by atoms with Gasteiger partial charge in [-0.1, -0.05) is 19.8 Å². The zero-order chi connectivity index (χ0) is 9.14. The van der Waals surface area contributed by atoms with Gasteiger partial charge in [0.05, 0.1) is 5.45 Å². The van der Waals surface area contributed by atoms with Gasteiger partial charge in [-0.15, -0.1) is 0 Å². The summed E-state index contributed by atoms with van der Waals surface area (Å²) in [6.07, 6.45) is 4.16. The number of rotatable bonds is 2. The van der Waals surface area contributed by atoms with Gasteiger partial charge in [0.1, 0.15) is 0 Å². The van der Waals surface area contributed by atoms with Gasteiger partial charge in [-0.25, -0.2) is 0 Å². The van der Waals surface area contributed by atoms with Crippen molar-refractivity contribution in [3.8, 4) is 0 Å². The second-order valence-corrected chi connectivity index (χ2v) is 4.69. The van der Waals surface area contributed by atoms with E-state index in [4.69, 9.17) is 15.2 Å². The van der Waals surface area contributed by atoms with Crippen molar-refractivity contribution in [2.24, 2.45) is 11.8 Å². The van der Waals surface area contributed by atoms with Crippen molar-refractivity contribution in [1.82, 2.24) is 0 Å². The summed E-state index contributed by atoms with van der Waals surface area (Å²) in [4.78, 5) is 17.7. The Bertz CT molecular complexity index is 164. The van der Waals surface area contributed by atoms with Gasteiger partial charge in [0.2, 0.25) is 8.38 Å². The molecular formula is C8H16NO2P. The molecule has 0 bridgehead atoms. The topological polar surface area (TPSA) is 64.3 Å². The molecule has 0 aromatic rings. The van der Waals surface area contributed by atoms with Gasteiger partial charge in [-0.3, -0.25) is 5.41 Å². The number of hydrogen-bond donors (Lipinski definition) is 3. The molecule has 0 aliphatic heterocycles. The summed E-state index contributed by atoms with van der Waals surface area (Å²) >= 11 is 0. The largest absolute Gasteiger partial charge is 0.346 e. The third-order valence-electron chi connectivity index (χ3n) is 2.62. The molecule has 1 aliphatic rings. The van der Waals surface area contributed by atoms with Crippen LogP contribution in [0.25, 0.3) is 0 Å². The fraction of sp³-hybridized carbons (Fsp3) is 0.875. The van der Waals surface area contributed by atoms with Gasteiger partial charge in [-0.2, -0.15) is 0 Å². The Morgan fingerprint density at radius 1 is 1.25 bits per heavy atom. The maximum Gasteiger partial charge on any atom is 0.214 e. The first-order valence-corrected chi connectivity index (χ1v) is 5.62. The summed E-state index contributed by atoms with van der Waals surface area (Å²) in [6.45, 7) is 2.21. The molecule has 70 valence electrons. The lowest BCUT2D eigenvalue weighted by molar-refractivity contribution is 0.343. The van der Waals surface area contributed by atoms with E-state index in [0.717, 1.165) is 31.6 Å². The zero-order valence-corrected chi connectivity index (χ0v) is 8.22.